The van der Waals surface area contributed by atoms with Gasteiger partial charge < -0.3 is 15.4 Å². The van der Waals surface area contributed by atoms with Crippen molar-refractivity contribution in [2.24, 2.45) is 11.7 Å². The molecule has 1 aromatic rings. The molecule has 0 aromatic heterocycles. The molecule has 2 rings (SSSR count). The normalized spacial score (nSPS) is 15.7. The van der Waals surface area contributed by atoms with Gasteiger partial charge in [0.25, 0.3) is 5.91 Å². The van der Waals surface area contributed by atoms with E-state index in [1.807, 2.05) is 31.7 Å². The van der Waals surface area contributed by atoms with Gasteiger partial charge in [0.15, 0.2) is 0 Å². The number of hydrogen-bond acceptors (Lipinski definition) is 3. The molecule has 0 spiro atoms. The summed E-state index contributed by atoms with van der Waals surface area (Å²) in [6, 6.07) is 1.89. The number of rotatable bonds is 3. The van der Waals surface area contributed by atoms with Crippen molar-refractivity contribution < 1.29 is 14.3 Å². The molecule has 1 heterocycles. The zero-order valence-electron chi connectivity index (χ0n) is 13.7. The van der Waals surface area contributed by atoms with Crippen molar-refractivity contribution in [2.75, 3.05) is 20.2 Å². The Balaban J connectivity index is 2.22. The van der Waals surface area contributed by atoms with Crippen molar-refractivity contribution in [1.82, 2.24) is 4.90 Å². The first-order chi connectivity index (χ1) is 10.4. The van der Waals surface area contributed by atoms with Crippen molar-refractivity contribution in [2.45, 2.75) is 33.6 Å². The fraction of sp³-hybridized carbons (Fsp3) is 0.529. The number of nitrogens with two attached hydrogens (primary N) is 1. The van der Waals surface area contributed by atoms with Gasteiger partial charge in [0.1, 0.15) is 5.75 Å². The second kappa shape index (κ2) is 6.38. The third-order valence-corrected chi connectivity index (χ3v) is 4.65. The van der Waals surface area contributed by atoms with E-state index in [0.717, 1.165) is 22.4 Å². The number of benzene rings is 1. The Morgan fingerprint density at radius 2 is 1.77 bits per heavy atom. The Morgan fingerprint density at radius 1 is 1.18 bits per heavy atom. The SMILES string of the molecule is COc1c(C)cc(C(=O)N2CCC(C(N)=O)CC2)c(C)c1C. The number of piperidine rings is 1. The molecule has 0 atom stereocenters. The highest BCUT2D eigenvalue weighted by molar-refractivity contribution is 5.96. The number of likely N-dealkylation sites (tertiary alicyclic amines) is 1. The lowest BCUT2D eigenvalue weighted by molar-refractivity contribution is -0.123. The van der Waals surface area contributed by atoms with Gasteiger partial charge >= 0.3 is 0 Å². The highest BCUT2D eigenvalue weighted by atomic mass is 16.5. The van der Waals surface area contributed by atoms with Crippen LogP contribution in [0, 0.1) is 26.7 Å². The topological polar surface area (TPSA) is 72.6 Å². The summed E-state index contributed by atoms with van der Waals surface area (Å²) in [5.41, 5.74) is 8.96. The van der Waals surface area contributed by atoms with Crippen molar-refractivity contribution >= 4 is 11.8 Å². The van der Waals surface area contributed by atoms with Crippen LogP contribution < -0.4 is 10.5 Å². The first kappa shape index (κ1) is 16.3. The molecule has 120 valence electrons. The molecule has 1 saturated heterocycles. The molecule has 0 radical (unpaired) electrons. The van der Waals surface area contributed by atoms with E-state index in [0.29, 0.717) is 31.5 Å². The van der Waals surface area contributed by atoms with Gasteiger partial charge in [0.05, 0.1) is 7.11 Å². The Morgan fingerprint density at radius 3 is 2.27 bits per heavy atom. The number of methoxy groups -OCH3 is 1. The number of ether oxygens (including phenoxy) is 1. The molecule has 2 amide bonds. The first-order valence-electron chi connectivity index (χ1n) is 7.60. The summed E-state index contributed by atoms with van der Waals surface area (Å²) in [7, 11) is 1.64. The lowest BCUT2D eigenvalue weighted by Gasteiger charge is -2.31. The van der Waals surface area contributed by atoms with Crippen LogP contribution in [0.5, 0.6) is 5.75 Å². The number of carbonyl (C=O) groups is 2. The summed E-state index contributed by atoms with van der Waals surface area (Å²) < 4.78 is 5.40. The monoisotopic (exact) mass is 304 g/mol. The number of amides is 2. The van der Waals surface area contributed by atoms with E-state index in [1.54, 1.807) is 7.11 Å². The number of nitrogens with zero attached hydrogens (tertiary/aromatic N) is 1. The van der Waals surface area contributed by atoms with Crippen molar-refractivity contribution in [1.29, 1.82) is 0 Å². The van der Waals surface area contributed by atoms with E-state index in [-0.39, 0.29) is 17.7 Å². The van der Waals surface area contributed by atoms with Gasteiger partial charge in [0, 0.05) is 24.6 Å². The molecular formula is C17H24N2O3. The van der Waals surface area contributed by atoms with Crippen LogP contribution in [0.25, 0.3) is 0 Å². The summed E-state index contributed by atoms with van der Waals surface area (Å²) in [6.07, 6.45) is 1.29. The summed E-state index contributed by atoms with van der Waals surface area (Å²) in [6.45, 7) is 7.02. The molecule has 22 heavy (non-hydrogen) atoms. The minimum absolute atomic E-state index is 0.0225. The van der Waals surface area contributed by atoms with E-state index >= 15 is 0 Å². The minimum atomic E-state index is -0.264. The van der Waals surface area contributed by atoms with Gasteiger partial charge in [-0.3, -0.25) is 9.59 Å². The van der Waals surface area contributed by atoms with Crippen LogP contribution in [0.2, 0.25) is 0 Å². The van der Waals surface area contributed by atoms with Crippen LogP contribution in [0.4, 0.5) is 0 Å². The zero-order valence-corrected chi connectivity index (χ0v) is 13.7. The molecule has 5 nitrogen and oxygen atoms in total. The zero-order chi connectivity index (χ0) is 16.4. The average molecular weight is 304 g/mol. The molecule has 5 heteroatoms. The minimum Gasteiger partial charge on any atom is -0.496 e. The smallest absolute Gasteiger partial charge is 0.254 e. The third kappa shape index (κ3) is 2.93. The third-order valence-electron chi connectivity index (χ3n) is 4.65. The molecule has 1 aliphatic heterocycles. The number of carbonyl (C=O) groups excluding carboxylic acids is 2. The maximum absolute atomic E-state index is 12.8. The van der Waals surface area contributed by atoms with Gasteiger partial charge in [-0.1, -0.05) is 0 Å². The van der Waals surface area contributed by atoms with Gasteiger partial charge in [-0.2, -0.15) is 0 Å². The van der Waals surface area contributed by atoms with Crippen molar-refractivity contribution in [3.05, 3.63) is 28.3 Å². The summed E-state index contributed by atoms with van der Waals surface area (Å²) in [4.78, 5) is 25.8. The average Bonchev–Trinajstić information content (AvgIpc) is 2.51. The van der Waals surface area contributed by atoms with E-state index in [1.165, 1.54) is 0 Å². The quantitative estimate of drug-likeness (QED) is 0.927. The highest BCUT2D eigenvalue weighted by Crippen LogP contribution is 2.30. The molecule has 1 fully saturated rings. The number of primary amides is 1. The van der Waals surface area contributed by atoms with Crippen LogP contribution in [-0.2, 0) is 4.79 Å². The lowest BCUT2D eigenvalue weighted by Crippen LogP contribution is -2.42. The van der Waals surface area contributed by atoms with E-state index in [2.05, 4.69) is 0 Å². The second-order valence-electron chi connectivity index (χ2n) is 5.99. The summed E-state index contributed by atoms with van der Waals surface area (Å²) >= 11 is 0. The Labute approximate surface area is 131 Å². The standard InChI is InChI=1S/C17H24N2O3/c1-10-9-14(11(2)12(3)15(10)22-4)17(21)19-7-5-13(6-8-19)16(18)20/h9,13H,5-8H2,1-4H3,(H2,18,20). The van der Waals surface area contributed by atoms with E-state index in [4.69, 9.17) is 10.5 Å². The fourth-order valence-electron chi connectivity index (χ4n) is 3.13. The molecule has 0 saturated carbocycles. The molecule has 1 aromatic carbocycles. The highest BCUT2D eigenvalue weighted by Gasteiger charge is 2.27. The summed E-state index contributed by atoms with van der Waals surface area (Å²) in [5.74, 6) is 0.486. The van der Waals surface area contributed by atoms with Crippen molar-refractivity contribution in [3.63, 3.8) is 0 Å². The Bertz CT molecular complexity index is 602. The molecule has 1 aliphatic rings. The largest absolute Gasteiger partial charge is 0.496 e. The van der Waals surface area contributed by atoms with Crippen LogP contribution in [0.3, 0.4) is 0 Å². The molecule has 2 N–H and O–H groups in total. The lowest BCUT2D eigenvalue weighted by atomic mass is 9.94. The van der Waals surface area contributed by atoms with Gasteiger partial charge in [0.2, 0.25) is 5.91 Å². The molecule has 0 unspecified atom stereocenters. The Hall–Kier alpha value is -2.04. The molecule has 0 aliphatic carbocycles. The summed E-state index contributed by atoms with van der Waals surface area (Å²) in [5, 5.41) is 0. The second-order valence-corrected chi connectivity index (χ2v) is 5.99. The van der Waals surface area contributed by atoms with E-state index in [9.17, 15) is 9.59 Å². The fourth-order valence-corrected chi connectivity index (χ4v) is 3.13. The predicted molar refractivity (Wildman–Crippen MR) is 85.0 cm³/mol. The predicted octanol–water partition coefficient (Wildman–Crippen LogP) is 1.96. The van der Waals surface area contributed by atoms with Crippen molar-refractivity contribution in [3.8, 4) is 5.75 Å². The maximum atomic E-state index is 12.8. The van der Waals surface area contributed by atoms with Gasteiger partial charge in [-0.25, -0.2) is 0 Å². The molecule has 0 bridgehead atoms. The Kier molecular flexibility index (Phi) is 4.74. The van der Waals surface area contributed by atoms with Crippen LogP contribution in [-0.4, -0.2) is 36.9 Å². The first-order valence-corrected chi connectivity index (χ1v) is 7.60. The van der Waals surface area contributed by atoms with Crippen LogP contribution in [0.1, 0.15) is 39.9 Å². The van der Waals surface area contributed by atoms with Gasteiger partial charge in [-0.05, 0) is 56.4 Å². The number of hydrogen-bond donors (Lipinski definition) is 1. The maximum Gasteiger partial charge on any atom is 0.254 e. The van der Waals surface area contributed by atoms with Crippen LogP contribution >= 0.6 is 0 Å². The van der Waals surface area contributed by atoms with Crippen LogP contribution in [0.15, 0.2) is 6.07 Å². The van der Waals surface area contributed by atoms with E-state index < -0.39 is 0 Å². The number of aryl methyl sites for hydroxylation is 1. The molecular weight excluding hydrogens is 280 g/mol. The van der Waals surface area contributed by atoms with Gasteiger partial charge in [-0.15, -0.1) is 0 Å².